The average Bonchev–Trinajstić information content (AvgIpc) is 3.88. The molecular formula is C58H37N3O2. The van der Waals surface area contributed by atoms with Crippen molar-refractivity contribution in [3.8, 4) is 56.4 Å². The lowest BCUT2D eigenvalue weighted by Crippen LogP contribution is -2.04. The smallest absolute Gasteiger partial charge is 0.167 e. The van der Waals surface area contributed by atoms with Crippen LogP contribution in [-0.2, 0) is 6.42 Å². The van der Waals surface area contributed by atoms with Gasteiger partial charge in [-0.1, -0.05) is 152 Å². The minimum atomic E-state index is 0.0983. The fraction of sp³-hybridized carbons (Fsp3) is 0.0517. The summed E-state index contributed by atoms with van der Waals surface area (Å²) in [6.45, 7) is 0. The quantitative estimate of drug-likeness (QED) is 0.173. The van der Waals surface area contributed by atoms with Crippen molar-refractivity contribution in [1.29, 1.82) is 0 Å². The lowest BCUT2D eigenvalue weighted by atomic mass is 9.84. The van der Waals surface area contributed by atoms with Gasteiger partial charge in [0, 0.05) is 33.0 Å². The number of hydrogen-bond acceptors (Lipinski definition) is 5. The fourth-order valence-corrected chi connectivity index (χ4v) is 9.95. The van der Waals surface area contributed by atoms with Crippen molar-refractivity contribution in [3.63, 3.8) is 0 Å². The first-order valence-corrected chi connectivity index (χ1v) is 21.6. The fourth-order valence-electron chi connectivity index (χ4n) is 9.95. The summed E-state index contributed by atoms with van der Waals surface area (Å²) in [5.41, 5.74) is 14.3. The van der Waals surface area contributed by atoms with Gasteiger partial charge < -0.3 is 8.83 Å². The summed E-state index contributed by atoms with van der Waals surface area (Å²) in [5, 5.41) is 6.69. The molecule has 9 aromatic carbocycles. The van der Waals surface area contributed by atoms with Crippen LogP contribution in [0.2, 0.25) is 0 Å². The Balaban J connectivity index is 1.06. The maximum atomic E-state index is 6.83. The van der Waals surface area contributed by atoms with Crippen molar-refractivity contribution in [1.82, 2.24) is 15.0 Å². The van der Waals surface area contributed by atoms with Crippen molar-refractivity contribution in [3.05, 3.63) is 211 Å². The highest BCUT2D eigenvalue weighted by atomic mass is 16.3. The summed E-state index contributed by atoms with van der Waals surface area (Å²) in [7, 11) is 0. The molecule has 296 valence electrons. The van der Waals surface area contributed by atoms with E-state index in [-0.39, 0.29) is 5.92 Å². The molecule has 0 saturated carbocycles. The van der Waals surface area contributed by atoms with Crippen molar-refractivity contribution in [2.45, 2.75) is 18.8 Å². The standard InChI is InChI=1S/C58H37N3O2/c1-2-14-35(15-3-1)36-18-12-19-40(31-36)56-59-57(48-25-13-24-47-45-22-8-10-26-52(45)62-54(47)48)61-58(60-56)51-34-41(33-50-46-23-9-11-27-53(46)63-55(50)51)42-29-28-39-30-37-16-4-5-17-38(37)32-49(39)44-21-7-6-20-43(42)44/h1-27,30-34,42H,28-29H2. The topological polar surface area (TPSA) is 65.0 Å². The summed E-state index contributed by atoms with van der Waals surface area (Å²) in [4.78, 5) is 16.0. The van der Waals surface area contributed by atoms with Gasteiger partial charge in [-0.25, -0.2) is 15.0 Å². The molecule has 0 aliphatic heterocycles. The van der Waals surface area contributed by atoms with E-state index in [0.29, 0.717) is 17.5 Å². The van der Waals surface area contributed by atoms with Gasteiger partial charge in [-0.05, 0) is 105 Å². The Morgan fingerprint density at radius 1 is 0.381 bits per heavy atom. The highest BCUT2D eigenvalue weighted by molar-refractivity contribution is 6.11. The lowest BCUT2D eigenvalue weighted by Gasteiger charge is -2.20. The molecule has 63 heavy (non-hydrogen) atoms. The van der Waals surface area contributed by atoms with Crippen LogP contribution in [0.25, 0.3) is 111 Å². The summed E-state index contributed by atoms with van der Waals surface area (Å²) >= 11 is 0. The van der Waals surface area contributed by atoms with E-state index in [0.717, 1.165) is 84.5 Å². The molecule has 0 fully saturated rings. The maximum Gasteiger partial charge on any atom is 0.167 e. The zero-order valence-corrected chi connectivity index (χ0v) is 34.1. The Morgan fingerprint density at radius 3 is 1.79 bits per heavy atom. The molecule has 0 spiro atoms. The van der Waals surface area contributed by atoms with Crippen LogP contribution in [0.15, 0.2) is 203 Å². The Bertz CT molecular complexity index is 3770. The molecule has 0 bridgehead atoms. The Kier molecular flexibility index (Phi) is 8.03. The predicted octanol–water partition coefficient (Wildman–Crippen LogP) is 15.2. The minimum absolute atomic E-state index is 0.0983. The van der Waals surface area contributed by atoms with Crippen molar-refractivity contribution >= 4 is 54.6 Å². The number of nitrogens with zero attached hydrogens (tertiary/aromatic N) is 3. The third kappa shape index (κ3) is 5.88. The van der Waals surface area contributed by atoms with Gasteiger partial charge in [0.15, 0.2) is 17.5 Å². The van der Waals surface area contributed by atoms with E-state index in [1.54, 1.807) is 0 Å². The van der Waals surface area contributed by atoms with E-state index in [9.17, 15) is 0 Å². The summed E-state index contributed by atoms with van der Waals surface area (Å²) in [6, 6.07) is 68.6. The minimum Gasteiger partial charge on any atom is -0.455 e. The highest BCUT2D eigenvalue weighted by Gasteiger charge is 2.28. The Morgan fingerprint density at radius 2 is 0.968 bits per heavy atom. The Hall–Kier alpha value is -8.15. The van der Waals surface area contributed by atoms with Crippen molar-refractivity contribution in [2.75, 3.05) is 0 Å². The number of aryl methyl sites for hydroxylation is 1. The molecule has 12 aromatic rings. The molecule has 0 amide bonds. The zero-order valence-electron chi connectivity index (χ0n) is 34.1. The van der Waals surface area contributed by atoms with Crippen LogP contribution >= 0.6 is 0 Å². The molecule has 3 heterocycles. The van der Waals surface area contributed by atoms with E-state index in [4.69, 9.17) is 23.8 Å². The van der Waals surface area contributed by atoms with Crippen LogP contribution in [0, 0.1) is 0 Å². The summed E-state index contributed by atoms with van der Waals surface area (Å²) in [6.07, 6.45) is 1.88. The average molecular weight is 808 g/mol. The van der Waals surface area contributed by atoms with Gasteiger partial charge in [0.2, 0.25) is 0 Å². The van der Waals surface area contributed by atoms with Crippen LogP contribution in [-0.4, -0.2) is 15.0 Å². The molecule has 1 unspecified atom stereocenters. The summed E-state index contributed by atoms with van der Waals surface area (Å²) < 4.78 is 13.4. The second-order valence-corrected chi connectivity index (χ2v) is 16.6. The molecular weight excluding hydrogens is 771 g/mol. The van der Waals surface area contributed by atoms with Crippen molar-refractivity contribution < 1.29 is 8.83 Å². The number of fused-ring (bicyclic) bond motifs is 10. The number of furan rings is 2. The van der Waals surface area contributed by atoms with E-state index in [1.807, 2.05) is 42.5 Å². The monoisotopic (exact) mass is 807 g/mol. The van der Waals surface area contributed by atoms with Gasteiger partial charge in [-0.15, -0.1) is 0 Å². The molecule has 1 aliphatic rings. The van der Waals surface area contributed by atoms with Crippen LogP contribution in [0.1, 0.15) is 29.0 Å². The zero-order chi connectivity index (χ0) is 41.4. The van der Waals surface area contributed by atoms with E-state index in [1.165, 1.54) is 38.6 Å². The van der Waals surface area contributed by atoms with Gasteiger partial charge in [0.05, 0.1) is 11.1 Å². The number of hydrogen-bond donors (Lipinski definition) is 0. The number of benzene rings is 9. The molecule has 0 radical (unpaired) electrons. The third-order valence-electron chi connectivity index (χ3n) is 13.0. The SMILES string of the molecule is c1ccc(-c2cccc(-c3nc(-c4cccc5c4oc4ccccc45)nc(-c4cc(C5CCc6cc7ccccc7cc6-c6ccccc65)cc5c4oc4ccccc45)n3)c2)cc1. The van der Waals surface area contributed by atoms with Crippen LogP contribution in [0.3, 0.4) is 0 Å². The molecule has 5 heteroatoms. The maximum absolute atomic E-state index is 6.83. The van der Waals surface area contributed by atoms with E-state index < -0.39 is 0 Å². The van der Waals surface area contributed by atoms with Gasteiger partial charge in [0.1, 0.15) is 22.3 Å². The first kappa shape index (κ1) is 35.6. The second-order valence-electron chi connectivity index (χ2n) is 16.6. The molecule has 1 aliphatic carbocycles. The normalized spacial score (nSPS) is 13.7. The molecule has 0 N–H and O–H groups in total. The molecule has 0 saturated heterocycles. The third-order valence-corrected chi connectivity index (χ3v) is 13.0. The number of rotatable bonds is 5. The van der Waals surface area contributed by atoms with Crippen molar-refractivity contribution in [2.24, 2.45) is 0 Å². The lowest BCUT2D eigenvalue weighted by molar-refractivity contribution is 0.668. The first-order chi connectivity index (χ1) is 31.2. The van der Waals surface area contributed by atoms with E-state index >= 15 is 0 Å². The molecule has 1 atom stereocenters. The number of aromatic nitrogens is 3. The molecule has 3 aromatic heterocycles. The molecule has 5 nitrogen and oxygen atoms in total. The Labute approximate surface area is 363 Å². The molecule has 13 rings (SSSR count). The van der Waals surface area contributed by atoms with Crippen LogP contribution < -0.4 is 0 Å². The first-order valence-electron chi connectivity index (χ1n) is 21.6. The summed E-state index contributed by atoms with van der Waals surface area (Å²) in [5.74, 6) is 1.73. The van der Waals surface area contributed by atoms with Crippen LogP contribution in [0.4, 0.5) is 0 Å². The van der Waals surface area contributed by atoms with Gasteiger partial charge in [0.25, 0.3) is 0 Å². The van der Waals surface area contributed by atoms with Gasteiger partial charge >= 0.3 is 0 Å². The van der Waals surface area contributed by atoms with Gasteiger partial charge in [-0.3, -0.25) is 0 Å². The van der Waals surface area contributed by atoms with Gasteiger partial charge in [-0.2, -0.15) is 0 Å². The van der Waals surface area contributed by atoms with E-state index in [2.05, 4.69) is 152 Å². The second kappa shape index (κ2) is 14.2. The predicted molar refractivity (Wildman–Crippen MR) is 256 cm³/mol. The highest BCUT2D eigenvalue weighted by Crippen LogP contribution is 2.46. The largest absolute Gasteiger partial charge is 0.455 e. The van der Waals surface area contributed by atoms with Crippen LogP contribution in [0.5, 0.6) is 0 Å². The number of para-hydroxylation sites is 3.